The van der Waals surface area contributed by atoms with Crippen LogP contribution >= 0.6 is 11.8 Å². The van der Waals surface area contributed by atoms with Crippen molar-refractivity contribution in [2.24, 2.45) is 5.84 Å². The van der Waals surface area contributed by atoms with E-state index in [1.807, 2.05) is 24.0 Å². The number of methoxy groups -OCH3 is 1. The number of pyridine rings is 1. The molecule has 1 saturated heterocycles. The minimum atomic E-state index is 0.109. The minimum Gasteiger partial charge on any atom is -0.495 e. The highest BCUT2D eigenvalue weighted by atomic mass is 32.2. The largest absolute Gasteiger partial charge is 0.495 e. The van der Waals surface area contributed by atoms with Crippen LogP contribution in [0.4, 0.5) is 0 Å². The third-order valence-electron chi connectivity index (χ3n) is 3.33. The SMILES string of the molecule is COc1cncc(C(NN)C2(C)CCCS2)c1. The Bertz CT molecular complexity index is 380. The highest BCUT2D eigenvalue weighted by molar-refractivity contribution is 8.00. The fourth-order valence-electron chi connectivity index (χ4n) is 2.36. The van der Waals surface area contributed by atoms with Gasteiger partial charge in [-0.2, -0.15) is 11.8 Å². The van der Waals surface area contributed by atoms with Crippen LogP contribution in [0.5, 0.6) is 5.75 Å². The summed E-state index contributed by atoms with van der Waals surface area (Å²) in [6.07, 6.45) is 5.98. The van der Waals surface area contributed by atoms with E-state index in [9.17, 15) is 0 Å². The van der Waals surface area contributed by atoms with E-state index in [-0.39, 0.29) is 10.8 Å². The third kappa shape index (κ3) is 2.56. The van der Waals surface area contributed by atoms with Gasteiger partial charge in [0.05, 0.1) is 19.3 Å². The molecule has 17 heavy (non-hydrogen) atoms. The van der Waals surface area contributed by atoms with Gasteiger partial charge in [0.25, 0.3) is 0 Å². The molecule has 0 spiro atoms. The molecule has 1 aliphatic rings. The molecule has 94 valence electrons. The van der Waals surface area contributed by atoms with Gasteiger partial charge in [-0.15, -0.1) is 0 Å². The maximum atomic E-state index is 5.73. The predicted molar refractivity (Wildman–Crippen MR) is 71.0 cm³/mol. The average Bonchev–Trinajstić information content (AvgIpc) is 2.78. The maximum Gasteiger partial charge on any atom is 0.137 e. The van der Waals surface area contributed by atoms with Crippen molar-refractivity contribution in [3.63, 3.8) is 0 Å². The first-order valence-electron chi connectivity index (χ1n) is 5.78. The van der Waals surface area contributed by atoms with Crippen LogP contribution in [0.2, 0.25) is 0 Å². The van der Waals surface area contributed by atoms with Crippen molar-refractivity contribution in [2.75, 3.05) is 12.9 Å². The smallest absolute Gasteiger partial charge is 0.137 e. The van der Waals surface area contributed by atoms with Gasteiger partial charge >= 0.3 is 0 Å². The molecular formula is C12H19N3OS. The molecule has 5 heteroatoms. The Morgan fingerprint density at radius 1 is 1.59 bits per heavy atom. The number of nitrogens with two attached hydrogens (primary N) is 1. The second-order valence-corrected chi connectivity index (χ2v) is 6.15. The second kappa shape index (κ2) is 5.25. The topological polar surface area (TPSA) is 60.2 Å². The summed E-state index contributed by atoms with van der Waals surface area (Å²) in [5.41, 5.74) is 4.02. The van der Waals surface area contributed by atoms with Gasteiger partial charge in [-0.25, -0.2) is 0 Å². The highest BCUT2D eigenvalue weighted by Gasteiger charge is 2.38. The van der Waals surface area contributed by atoms with Gasteiger partial charge in [0.2, 0.25) is 0 Å². The van der Waals surface area contributed by atoms with E-state index in [0.717, 1.165) is 11.3 Å². The molecule has 0 aromatic carbocycles. The summed E-state index contributed by atoms with van der Waals surface area (Å²) in [7, 11) is 1.65. The molecule has 0 amide bonds. The molecule has 2 unspecified atom stereocenters. The molecule has 1 fully saturated rings. The van der Waals surface area contributed by atoms with Crippen molar-refractivity contribution in [1.29, 1.82) is 0 Å². The Hall–Kier alpha value is -0.780. The van der Waals surface area contributed by atoms with Crippen molar-refractivity contribution in [1.82, 2.24) is 10.4 Å². The lowest BCUT2D eigenvalue weighted by atomic mass is 9.91. The number of thioether (sulfide) groups is 1. The number of rotatable bonds is 4. The molecule has 2 heterocycles. The summed E-state index contributed by atoms with van der Waals surface area (Å²) in [6.45, 7) is 2.26. The van der Waals surface area contributed by atoms with Crippen LogP contribution < -0.4 is 16.0 Å². The Kier molecular flexibility index (Phi) is 3.91. The van der Waals surface area contributed by atoms with E-state index >= 15 is 0 Å². The van der Waals surface area contributed by atoms with E-state index < -0.39 is 0 Å². The summed E-state index contributed by atoms with van der Waals surface area (Å²) < 4.78 is 5.35. The summed E-state index contributed by atoms with van der Waals surface area (Å²) in [4.78, 5) is 4.20. The van der Waals surface area contributed by atoms with E-state index in [1.54, 1.807) is 13.3 Å². The number of ether oxygens (including phenoxy) is 1. The number of aromatic nitrogens is 1. The van der Waals surface area contributed by atoms with Gasteiger partial charge in [-0.1, -0.05) is 0 Å². The first-order valence-corrected chi connectivity index (χ1v) is 6.77. The Labute approximate surface area is 106 Å². The summed E-state index contributed by atoms with van der Waals surface area (Å²) >= 11 is 1.97. The second-order valence-electron chi connectivity index (χ2n) is 4.52. The zero-order valence-corrected chi connectivity index (χ0v) is 11.1. The number of hydrogen-bond donors (Lipinski definition) is 2. The molecule has 2 atom stereocenters. The maximum absolute atomic E-state index is 5.73. The Morgan fingerprint density at radius 2 is 2.41 bits per heavy atom. The van der Waals surface area contributed by atoms with Gasteiger partial charge in [-0.05, 0) is 37.1 Å². The lowest BCUT2D eigenvalue weighted by Gasteiger charge is -2.33. The first kappa shape index (κ1) is 12.7. The van der Waals surface area contributed by atoms with Crippen molar-refractivity contribution in [3.05, 3.63) is 24.0 Å². The quantitative estimate of drug-likeness (QED) is 0.634. The van der Waals surface area contributed by atoms with E-state index in [0.29, 0.717) is 0 Å². The molecular weight excluding hydrogens is 234 g/mol. The molecule has 3 N–H and O–H groups in total. The summed E-state index contributed by atoms with van der Waals surface area (Å²) in [6, 6.07) is 2.11. The van der Waals surface area contributed by atoms with Crippen LogP contribution in [0.1, 0.15) is 31.4 Å². The van der Waals surface area contributed by atoms with Crippen molar-refractivity contribution < 1.29 is 4.74 Å². The molecule has 4 nitrogen and oxygen atoms in total. The van der Waals surface area contributed by atoms with Gasteiger partial charge in [0, 0.05) is 10.9 Å². The fraction of sp³-hybridized carbons (Fsp3) is 0.583. The van der Waals surface area contributed by atoms with Gasteiger partial charge in [0.1, 0.15) is 5.75 Å². The van der Waals surface area contributed by atoms with Crippen LogP contribution in [0.3, 0.4) is 0 Å². The van der Waals surface area contributed by atoms with Crippen LogP contribution in [-0.2, 0) is 0 Å². The monoisotopic (exact) mass is 253 g/mol. The Balaban J connectivity index is 2.27. The van der Waals surface area contributed by atoms with Gasteiger partial charge in [-0.3, -0.25) is 16.3 Å². The molecule has 0 bridgehead atoms. The highest BCUT2D eigenvalue weighted by Crippen LogP contribution is 2.46. The molecule has 0 aliphatic carbocycles. The zero-order chi connectivity index (χ0) is 12.3. The van der Waals surface area contributed by atoms with Crippen molar-refractivity contribution >= 4 is 11.8 Å². The van der Waals surface area contributed by atoms with Gasteiger partial charge < -0.3 is 4.74 Å². The van der Waals surface area contributed by atoms with Crippen LogP contribution in [0.25, 0.3) is 0 Å². The molecule has 2 rings (SSSR count). The number of hydrogen-bond acceptors (Lipinski definition) is 5. The first-order chi connectivity index (χ1) is 8.19. The zero-order valence-electron chi connectivity index (χ0n) is 10.3. The van der Waals surface area contributed by atoms with Crippen LogP contribution in [0, 0.1) is 0 Å². The van der Waals surface area contributed by atoms with E-state index in [1.165, 1.54) is 18.6 Å². The van der Waals surface area contributed by atoms with Crippen molar-refractivity contribution in [3.8, 4) is 5.75 Å². The molecule has 0 radical (unpaired) electrons. The van der Waals surface area contributed by atoms with Gasteiger partial charge in [0.15, 0.2) is 0 Å². The fourth-order valence-corrected chi connectivity index (χ4v) is 3.77. The number of nitrogens with one attached hydrogen (secondary N) is 1. The minimum absolute atomic E-state index is 0.109. The number of nitrogens with zero attached hydrogens (tertiary/aromatic N) is 1. The lowest BCUT2D eigenvalue weighted by molar-refractivity contribution is 0.400. The van der Waals surface area contributed by atoms with E-state index in [4.69, 9.17) is 10.6 Å². The third-order valence-corrected chi connectivity index (χ3v) is 4.92. The van der Waals surface area contributed by atoms with Crippen molar-refractivity contribution in [2.45, 2.75) is 30.6 Å². The lowest BCUT2D eigenvalue weighted by Crippen LogP contribution is -2.41. The average molecular weight is 253 g/mol. The Morgan fingerprint density at radius 3 is 3.00 bits per heavy atom. The summed E-state index contributed by atoms with van der Waals surface area (Å²) in [5, 5.41) is 0. The van der Waals surface area contributed by atoms with Crippen LogP contribution in [0.15, 0.2) is 18.5 Å². The molecule has 1 aromatic rings. The molecule has 0 saturated carbocycles. The molecule has 1 aliphatic heterocycles. The van der Waals surface area contributed by atoms with E-state index in [2.05, 4.69) is 17.3 Å². The molecule has 1 aromatic heterocycles. The number of hydrazine groups is 1. The predicted octanol–water partition coefficient (Wildman–Crippen LogP) is 1.88. The standard InChI is InChI=1S/C12H19N3OS/c1-12(4-3-5-17-12)11(15-13)9-6-10(16-2)8-14-7-9/h6-8,11,15H,3-5,13H2,1-2H3. The summed E-state index contributed by atoms with van der Waals surface area (Å²) in [5.74, 6) is 7.70. The normalized spacial score (nSPS) is 25.8. The van der Waals surface area contributed by atoms with Crippen LogP contribution in [-0.4, -0.2) is 22.6 Å².